The summed E-state index contributed by atoms with van der Waals surface area (Å²) in [5, 5.41) is 0. The number of alkyl halides is 1. The Bertz CT molecular complexity index is 48.5. The number of rotatable bonds is 2. The SMILES string of the molecule is CCN(Cl)C(C)Cl.Cl. The predicted molar refractivity (Wildman–Crippen MR) is 40.8 cm³/mol. The van der Waals surface area contributed by atoms with Crippen molar-refractivity contribution in [3.05, 3.63) is 0 Å². The van der Waals surface area contributed by atoms with Gasteiger partial charge in [-0.1, -0.05) is 6.92 Å². The fourth-order valence-electron chi connectivity index (χ4n) is 0.252. The van der Waals surface area contributed by atoms with Crippen molar-refractivity contribution in [2.75, 3.05) is 6.54 Å². The summed E-state index contributed by atoms with van der Waals surface area (Å²) in [4.78, 5) is 0. The predicted octanol–water partition coefficient (Wildman–Crippen LogP) is 2.47. The number of nitrogens with zero attached hydrogens (tertiary/aromatic N) is 1. The molecule has 1 nitrogen and oxygen atoms in total. The molecule has 0 fully saturated rings. The average molecular weight is 178 g/mol. The molecular weight excluding hydrogens is 168 g/mol. The standard InChI is InChI=1S/C4H9Cl2N.ClH/c1-3-7(6)4(2)5;/h4H,3H2,1-2H3;1H. The molecule has 0 aromatic heterocycles. The second kappa shape index (κ2) is 5.96. The average Bonchev–Trinajstić information content (AvgIpc) is 1.65. The maximum Gasteiger partial charge on any atom is 0.0961 e. The fraction of sp³-hybridized carbons (Fsp3) is 1.00. The van der Waals surface area contributed by atoms with Crippen LogP contribution < -0.4 is 0 Å². The summed E-state index contributed by atoms with van der Waals surface area (Å²) in [5.41, 5.74) is -0.0633. The van der Waals surface area contributed by atoms with E-state index in [1.807, 2.05) is 13.8 Å². The van der Waals surface area contributed by atoms with Gasteiger partial charge in [0.25, 0.3) is 0 Å². The van der Waals surface area contributed by atoms with E-state index in [0.717, 1.165) is 6.54 Å². The van der Waals surface area contributed by atoms with Crippen LogP contribution in [-0.4, -0.2) is 16.5 Å². The second-order valence-corrected chi connectivity index (χ2v) is 2.36. The fourth-order valence-corrected chi connectivity index (χ4v) is 0.390. The Morgan fingerprint density at radius 1 is 1.62 bits per heavy atom. The van der Waals surface area contributed by atoms with Crippen LogP contribution in [-0.2, 0) is 0 Å². The summed E-state index contributed by atoms with van der Waals surface area (Å²) < 4.78 is 1.53. The van der Waals surface area contributed by atoms with Gasteiger partial charge in [0.2, 0.25) is 0 Å². The Morgan fingerprint density at radius 2 is 2.00 bits per heavy atom. The molecule has 0 bridgehead atoms. The van der Waals surface area contributed by atoms with Crippen LogP contribution >= 0.6 is 35.8 Å². The maximum atomic E-state index is 5.52. The van der Waals surface area contributed by atoms with Crippen LogP contribution in [0.1, 0.15) is 13.8 Å². The van der Waals surface area contributed by atoms with Crippen LogP contribution in [0, 0.1) is 0 Å². The van der Waals surface area contributed by atoms with E-state index < -0.39 is 0 Å². The van der Waals surface area contributed by atoms with Crippen LogP contribution in [0.15, 0.2) is 0 Å². The molecule has 1 unspecified atom stereocenters. The first-order chi connectivity index (χ1) is 3.18. The third-order valence-corrected chi connectivity index (χ3v) is 1.56. The van der Waals surface area contributed by atoms with Crippen molar-refractivity contribution in [3.63, 3.8) is 0 Å². The van der Waals surface area contributed by atoms with E-state index >= 15 is 0 Å². The van der Waals surface area contributed by atoms with E-state index in [4.69, 9.17) is 23.4 Å². The number of halogens is 3. The molecule has 0 heterocycles. The van der Waals surface area contributed by atoms with Gasteiger partial charge < -0.3 is 0 Å². The molecule has 0 aromatic rings. The van der Waals surface area contributed by atoms with Crippen molar-refractivity contribution < 1.29 is 0 Å². The Hall–Kier alpha value is 0.830. The highest BCUT2D eigenvalue weighted by atomic mass is 35.5. The van der Waals surface area contributed by atoms with Crippen LogP contribution in [0.3, 0.4) is 0 Å². The van der Waals surface area contributed by atoms with Gasteiger partial charge in [-0.25, -0.2) is 4.42 Å². The third-order valence-electron chi connectivity index (χ3n) is 0.688. The molecule has 8 heavy (non-hydrogen) atoms. The molecule has 0 radical (unpaired) electrons. The van der Waals surface area contributed by atoms with Crippen LogP contribution in [0.5, 0.6) is 0 Å². The molecule has 0 amide bonds. The minimum Gasteiger partial charge on any atom is -0.203 e. The van der Waals surface area contributed by atoms with E-state index in [1.165, 1.54) is 4.42 Å². The molecule has 0 aliphatic heterocycles. The van der Waals surface area contributed by atoms with Crippen molar-refractivity contribution in [1.82, 2.24) is 4.42 Å². The molecule has 0 rings (SSSR count). The summed E-state index contributed by atoms with van der Waals surface area (Å²) in [6.07, 6.45) is 0. The van der Waals surface area contributed by atoms with Crippen molar-refractivity contribution in [2.45, 2.75) is 19.3 Å². The monoisotopic (exact) mass is 177 g/mol. The zero-order valence-electron chi connectivity index (χ0n) is 4.90. The Morgan fingerprint density at radius 3 is 2.00 bits per heavy atom. The van der Waals surface area contributed by atoms with Gasteiger partial charge in [0.1, 0.15) is 0 Å². The van der Waals surface area contributed by atoms with Gasteiger partial charge in [0, 0.05) is 6.54 Å². The molecule has 1 atom stereocenters. The molecule has 0 N–H and O–H groups in total. The summed E-state index contributed by atoms with van der Waals surface area (Å²) in [5.74, 6) is 0. The molecule has 4 heteroatoms. The van der Waals surface area contributed by atoms with Gasteiger partial charge in [-0.2, -0.15) is 0 Å². The van der Waals surface area contributed by atoms with E-state index in [9.17, 15) is 0 Å². The van der Waals surface area contributed by atoms with E-state index in [0.29, 0.717) is 0 Å². The molecule has 0 aliphatic carbocycles. The smallest absolute Gasteiger partial charge is 0.0961 e. The Labute approximate surface area is 66.5 Å². The topological polar surface area (TPSA) is 3.24 Å². The van der Waals surface area contributed by atoms with Gasteiger partial charge in [0.15, 0.2) is 0 Å². The van der Waals surface area contributed by atoms with Gasteiger partial charge in [-0.3, -0.25) is 0 Å². The lowest BCUT2D eigenvalue weighted by molar-refractivity contribution is 0.467. The largest absolute Gasteiger partial charge is 0.203 e. The van der Waals surface area contributed by atoms with E-state index in [-0.39, 0.29) is 17.9 Å². The quantitative estimate of drug-likeness (QED) is 0.357. The Balaban J connectivity index is 0. The van der Waals surface area contributed by atoms with Gasteiger partial charge in [-0.05, 0) is 18.7 Å². The van der Waals surface area contributed by atoms with Crippen LogP contribution in [0.2, 0.25) is 0 Å². The molecule has 0 aromatic carbocycles. The Kier molecular flexibility index (Phi) is 8.64. The first kappa shape index (κ1) is 11.6. The van der Waals surface area contributed by atoms with Gasteiger partial charge >= 0.3 is 0 Å². The van der Waals surface area contributed by atoms with Crippen molar-refractivity contribution >= 4 is 35.8 Å². The first-order valence-corrected chi connectivity index (χ1v) is 3.02. The summed E-state index contributed by atoms with van der Waals surface area (Å²) in [6.45, 7) is 4.57. The molecule has 0 spiro atoms. The lowest BCUT2D eigenvalue weighted by atomic mass is 10.7. The van der Waals surface area contributed by atoms with Crippen LogP contribution in [0.4, 0.5) is 0 Å². The third kappa shape index (κ3) is 4.98. The summed E-state index contributed by atoms with van der Waals surface area (Å²) >= 11 is 11.0. The van der Waals surface area contributed by atoms with Gasteiger partial charge in [-0.15, -0.1) is 24.0 Å². The molecule has 52 valence electrons. The molecular formula is C4H10Cl3N. The minimum atomic E-state index is -0.0633. The van der Waals surface area contributed by atoms with E-state index in [1.54, 1.807) is 0 Å². The first-order valence-electron chi connectivity index (χ1n) is 2.25. The zero-order valence-corrected chi connectivity index (χ0v) is 7.22. The van der Waals surface area contributed by atoms with Crippen LogP contribution in [0.25, 0.3) is 0 Å². The van der Waals surface area contributed by atoms with Crippen molar-refractivity contribution in [3.8, 4) is 0 Å². The van der Waals surface area contributed by atoms with Crippen molar-refractivity contribution in [1.29, 1.82) is 0 Å². The second-order valence-electron chi connectivity index (χ2n) is 1.29. The zero-order chi connectivity index (χ0) is 5.86. The molecule has 0 saturated heterocycles. The number of hydrogen-bond acceptors (Lipinski definition) is 1. The highest BCUT2D eigenvalue weighted by Crippen LogP contribution is 2.04. The lowest BCUT2D eigenvalue weighted by Gasteiger charge is -2.11. The highest BCUT2D eigenvalue weighted by molar-refractivity contribution is 6.24. The number of hydrogen-bond donors (Lipinski definition) is 0. The lowest BCUT2D eigenvalue weighted by Crippen LogP contribution is -2.17. The summed E-state index contributed by atoms with van der Waals surface area (Å²) in [7, 11) is 0. The molecule has 0 aliphatic rings. The maximum absolute atomic E-state index is 5.52. The summed E-state index contributed by atoms with van der Waals surface area (Å²) in [6, 6.07) is 0. The van der Waals surface area contributed by atoms with Gasteiger partial charge in [0.05, 0.1) is 5.50 Å². The highest BCUT2D eigenvalue weighted by Gasteiger charge is 2.01. The minimum absolute atomic E-state index is 0. The van der Waals surface area contributed by atoms with E-state index in [2.05, 4.69) is 0 Å². The normalized spacial score (nSPS) is 13.1. The molecule has 0 saturated carbocycles. The van der Waals surface area contributed by atoms with Crippen molar-refractivity contribution in [2.24, 2.45) is 0 Å².